The first kappa shape index (κ1) is 33.1. The maximum Gasteiger partial charge on any atom is 0.306 e. The van der Waals surface area contributed by atoms with E-state index < -0.39 is 24.1 Å². The minimum Gasteiger partial charge on any atom is -0.463 e. The van der Waals surface area contributed by atoms with Crippen molar-refractivity contribution in [2.75, 3.05) is 26.9 Å². The van der Waals surface area contributed by atoms with E-state index in [0.717, 1.165) is 19.3 Å². The molecule has 2 unspecified atom stereocenters. The van der Waals surface area contributed by atoms with Gasteiger partial charge in [-0.15, -0.1) is 0 Å². The number of amides is 1. The average molecular weight is 500 g/mol. The number of nitrogens with one attached hydrogen (secondary N) is 1. The van der Waals surface area contributed by atoms with E-state index >= 15 is 0 Å². The van der Waals surface area contributed by atoms with Crippen LogP contribution in [0.2, 0.25) is 0 Å². The molecule has 0 spiro atoms. The van der Waals surface area contributed by atoms with Crippen LogP contribution < -0.4 is 5.32 Å². The molecule has 0 fully saturated rings. The molecule has 0 saturated heterocycles. The predicted octanol–water partition coefficient (Wildman–Crippen LogP) is 4.62. The fourth-order valence-electron chi connectivity index (χ4n) is 3.56. The number of carbonyl (C=O) groups is 3. The van der Waals surface area contributed by atoms with Crippen LogP contribution >= 0.6 is 0 Å². The monoisotopic (exact) mass is 499 g/mol. The summed E-state index contributed by atoms with van der Waals surface area (Å²) < 4.78 is 14.9. The van der Waals surface area contributed by atoms with Gasteiger partial charge < -0.3 is 24.6 Å². The third kappa shape index (κ3) is 21.1. The summed E-state index contributed by atoms with van der Waals surface area (Å²) in [6.07, 6.45) is 15.7. The maximum atomic E-state index is 12.3. The van der Waals surface area contributed by atoms with Crippen molar-refractivity contribution < 1.29 is 33.7 Å². The van der Waals surface area contributed by atoms with Crippen molar-refractivity contribution in [2.45, 2.75) is 116 Å². The molecule has 0 aromatic carbocycles. The van der Waals surface area contributed by atoms with Crippen molar-refractivity contribution in [2.24, 2.45) is 0 Å². The van der Waals surface area contributed by atoms with Crippen molar-refractivity contribution >= 4 is 17.8 Å². The van der Waals surface area contributed by atoms with E-state index in [1.807, 2.05) is 0 Å². The van der Waals surface area contributed by atoms with Crippen LogP contribution in [0.5, 0.6) is 0 Å². The number of unbranched alkanes of at least 4 members (excludes halogenated alkanes) is 10. The largest absolute Gasteiger partial charge is 0.463 e. The summed E-state index contributed by atoms with van der Waals surface area (Å²) >= 11 is 0. The van der Waals surface area contributed by atoms with Crippen LogP contribution in [0.15, 0.2) is 12.2 Å². The number of ether oxygens (including phenoxy) is 3. The van der Waals surface area contributed by atoms with Crippen LogP contribution in [0.25, 0.3) is 0 Å². The first-order valence-electron chi connectivity index (χ1n) is 13.3. The molecule has 8 heteroatoms. The quantitative estimate of drug-likeness (QED) is 0.120. The van der Waals surface area contributed by atoms with E-state index in [4.69, 9.17) is 14.2 Å². The highest BCUT2D eigenvalue weighted by molar-refractivity contribution is 5.78. The van der Waals surface area contributed by atoms with Crippen LogP contribution in [0.4, 0.5) is 0 Å². The molecule has 8 nitrogen and oxygen atoms in total. The van der Waals surface area contributed by atoms with Gasteiger partial charge in [0.15, 0.2) is 0 Å². The molecule has 35 heavy (non-hydrogen) atoms. The normalized spacial score (nSPS) is 12.9. The lowest BCUT2D eigenvalue weighted by Gasteiger charge is -2.22. The third-order valence-electron chi connectivity index (χ3n) is 5.66. The zero-order valence-electron chi connectivity index (χ0n) is 22.2. The van der Waals surface area contributed by atoms with Gasteiger partial charge in [0.05, 0.1) is 31.6 Å². The molecule has 0 heterocycles. The second-order valence-corrected chi connectivity index (χ2v) is 8.87. The van der Waals surface area contributed by atoms with Crippen molar-refractivity contribution in [3.8, 4) is 0 Å². The molecule has 204 valence electrons. The number of carbonyl (C=O) groups excluding carboxylic acids is 3. The van der Waals surface area contributed by atoms with Gasteiger partial charge in [-0.25, -0.2) is 0 Å². The van der Waals surface area contributed by atoms with Crippen molar-refractivity contribution in [3.05, 3.63) is 12.2 Å². The van der Waals surface area contributed by atoms with E-state index in [-0.39, 0.29) is 32.0 Å². The highest BCUT2D eigenvalue weighted by Crippen LogP contribution is 2.12. The Morgan fingerprint density at radius 2 is 1.34 bits per heavy atom. The SMILES string of the molecule is C/C=C/C(O)C(COC(=O)CCC(=O)OCCOC)NC(=O)CCCCCCCCCCCCC. The van der Waals surface area contributed by atoms with Gasteiger partial charge in [0.25, 0.3) is 0 Å². The smallest absolute Gasteiger partial charge is 0.306 e. The highest BCUT2D eigenvalue weighted by atomic mass is 16.6. The first-order chi connectivity index (χ1) is 16.9. The molecule has 0 rings (SSSR count). The Labute approximate surface area is 212 Å². The van der Waals surface area contributed by atoms with Gasteiger partial charge in [0.2, 0.25) is 5.91 Å². The highest BCUT2D eigenvalue weighted by Gasteiger charge is 2.21. The zero-order chi connectivity index (χ0) is 26.2. The lowest BCUT2D eigenvalue weighted by atomic mass is 10.0. The molecule has 0 aliphatic rings. The zero-order valence-corrected chi connectivity index (χ0v) is 22.2. The number of esters is 2. The molecule has 0 aromatic rings. The first-order valence-corrected chi connectivity index (χ1v) is 13.3. The summed E-state index contributed by atoms with van der Waals surface area (Å²) in [6.45, 7) is 4.24. The Bertz CT molecular complexity index is 580. The molecule has 0 saturated carbocycles. The number of hydrogen-bond acceptors (Lipinski definition) is 7. The maximum absolute atomic E-state index is 12.3. The molecule has 0 radical (unpaired) electrons. The van der Waals surface area contributed by atoms with Crippen molar-refractivity contribution in [3.63, 3.8) is 0 Å². The molecular weight excluding hydrogens is 450 g/mol. The summed E-state index contributed by atoms with van der Waals surface area (Å²) in [5.41, 5.74) is 0. The third-order valence-corrected chi connectivity index (χ3v) is 5.66. The van der Waals surface area contributed by atoms with Crippen LogP contribution in [0.1, 0.15) is 104 Å². The second-order valence-electron chi connectivity index (χ2n) is 8.87. The second kappa shape index (κ2) is 23.8. The number of hydrogen-bond donors (Lipinski definition) is 2. The van der Waals surface area contributed by atoms with Gasteiger partial charge in [-0.2, -0.15) is 0 Å². The number of allylic oxidation sites excluding steroid dienone is 1. The summed E-state index contributed by atoms with van der Waals surface area (Å²) in [7, 11) is 1.50. The molecule has 0 aliphatic heterocycles. The number of aliphatic hydroxyl groups is 1. The van der Waals surface area contributed by atoms with Gasteiger partial charge in [-0.3, -0.25) is 14.4 Å². The Morgan fingerprint density at radius 3 is 1.89 bits per heavy atom. The van der Waals surface area contributed by atoms with Crippen LogP contribution in [0, 0.1) is 0 Å². The summed E-state index contributed by atoms with van der Waals surface area (Å²) in [5.74, 6) is -1.27. The lowest BCUT2D eigenvalue weighted by molar-refractivity contribution is -0.151. The van der Waals surface area contributed by atoms with Crippen LogP contribution in [-0.2, 0) is 28.6 Å². The topological polar surface area (TPSA) is 111 Å². The molecular formula is C27H49NO7. The Hall–Kier alpha value is -1.93. The van der Waals surface area contributed by atoms with Crippen LogP contribution in [0.3, 0.4) is 0 Å². The van der Waals surface area contributed by atoms with Gasteiger partial charge in [-0.1, -0.05) is 83.3 Å². The fraction of sp³-hybridized carbons (Fsp3) is 0.815. The van der Waals surface area contributed by atoms with E-state index in [1.54, 1.807) is 13.0 Å². The summed E-state index contributed by atoms with van der Waals surface area (Å²) in [5, 5.41) is 13.1. The lowest BCUT2D eigenvalue weighted by Crippen LogP contribution is -2.46. The molecule has 2 atom stereocenters. The van der Waals surface area contributed by atoms with Crippen LogP contribution in [-0.4, -0.2) is 62.0 Å². The number of methoxy groups -OCH3 is 1. The minimum absolute atomic E-state index is 0.101. The Kier molecular flexibility index (Phi) is 22.5. The molecule has 0 aromatic heterocycles. The van der Waals surface area contributed by atoms with E-state index in [0.29, 0.717) is 13.0 Å². The fourth-order valence-corrected chi connectivity index (χ4v) is 3.56. The number of rotatable bonds is 23. The summed E-state index contributed by atoms with van der Waals surface area (Å²) in [4.78, 5) is 35.9. The standard InChI is InChI=1S/C27H49NO7/c1-4-6-7-8-9-10-11-12-13-14-15-17-25(30)28-23(24(29)16-5-2)22-35-27(32)19-18-26(31)34-21-20-33-3/h5,16,23-24,29H,4,6-15,17-22H2,1-3H3,(H,28,30)/b16-5+. The van der Waals surface area contributed by atoms with E-state index in [2.05, 4.69) is 12.2 Å². The van der Waals surface area contributed by atoms with Gasteiger partial charge in [0.1, 0.15) is 13.2 Å². The Balaban J connectivity index is 4.12. The Morgan fingerprint density at radius 1 is 0.800 bits per heavy atom. The average Bonchev–Trinajstić information content (AvgIpc) is 2.84. The van der Waals surface area contributed by atoms with Gasteiger partial charge >= 0.3 is 11.9 Å². The van der Waals surface area contributed by atoms with Crippen molar-refractivity contribution in [1.29, 1.82) is 0 Å². The van der Waals surface area contributed by atoms with E-state index in [1.165, 1.54) is 64.6 Å². The molecule has 2 N–H and O–H groups in total. The van der Waals surface area contributed by atoms with Gasteiger partial charge in [0, 0.05) is 13.5 Å². The summed E-state index contributed by atoms with van der Waals surface area (Å²) in [6, 6.07) is -0.746. The van der Waals surface area contributed by atoms with E-state index in [9.17, 15) is 19.5 Å². The molecule has 0 aliphatic carbocycles. The van der Waals surface area contributed by atoms with Crippen molar-refractivity contribution in [1.82, 2.24) is 5.32 Å². The minimum atomic E-state index is -0.979. The molecule has 1 amide bonds. The predicted molar refractivity (Wildman–Crippen MR) is 137 cm³/mol. The van der Waals surface area contributed by atoms with Gasteiger partial charge in [-0.05, 0) is 13.3 Å². The number of aliphatic hydroxyl groups excluding tert-OH is 1. The molecule has 0 bridgehead atoms.